The molecule has 6 nitrogen and oxygen atoms in total. The molecule has 0 radical (unpaired) electrons. The van der Waals surface area contributed by atoms with Crippen LogP contribution in [0.3, 0.4) is 0 Å². The Morgan fingerprint density at radius 1 is 1.38 bits per heavy atom. The summed E-state index contributed by atoms with van der Waals surface area (Å²) in [6, 6.07) is 4.27. The number of aliphatic hydroxyl groups is 1. The molecule has 1 aliphatic rings. The number of nitrogens with zero attached hydrogens (tertiary/aromatic N) is 3. The van der Waals surface area contributed by atoms with Gasteiger partial charge in [-0.2, -0.15) is 5.10 Å². The number of hydrogen-bond donors (Lipinski definition) is 2. The highest BCUT2D eigenvalue weighted by Crippen LogP contribution is 2.30. The number of nitrogens with one attached hydrogen (secondary N) is 1. The molecule has 1 saturated carbocycles. The quantitative estimate of drug-likeness (QED) is 0.900. The smallest absolute Gasteiger partial charge is 0.256 e. The molecule has 2 N–H and O–H groups in total. The van der Waals surface area contributed by atoms with Gasteiger partial charge in [0.2, 0.25) is 0 Å². The minimum absolute atomic E-state index is 0.241. The van der Waals surface area contributed by atoms with Gasteiger partial charge in [0, 0.05) is 5.69 Å². The van der Waals surface area contributed by atoms with Gasteiger partial charge in [0.25, 0.3) is 5.91 Å². The molecule has 1 fully saturated rings. The van der Waals surface area contributed by atoms with Crippen molar-refractivity contribution in [3.05, 3.63) is 36.7 Å². The van der Waals surface area contributed by atoms with Gasteiger partial charge in [0.05, 0.1) is 0 Å². The Kier molecular flexibility index (Phi) is 3.42. The van der Waals surface area contributed by atoms with Crippen molar-refractivity contribution >= 4 is 11.6 Å². The molecule has 1 heterocycles. The molecule has 21 heavy (non-hydrogen) atoms. The first-order valence-corrected chi connectivity index (χ1v) is 6.77. The molecule has 0 atom stereocenters. The Balaban J connectivity index is 1.78. The molecule has 2 aromatic rings. The van der Waals surface area contributed by atoms with Gasteiger partial charge in [-0.3, -0.25) is 4.79 Å². The van der Waals surface area contributed by atoms with Crippen LogP contribution in [-0.4, -0.2) is 31.4 Å². The normalized spacial score (nSPS) is 16.9. The molecule has 0 aliphatic heterocycles. The average molecular weight is 290 g/mol. The number of amides is 1. The topological polar surface area (TPSA) is 80.0 Å². The Morgan fingerprint density at radius 2 is 2.14 bits per heavy atom. The molecule has 1 aromatic heterocycles. The van der Waals surface area contributed by atoms with E-state index in [1.807, 2.05) is 0 Å². The maximum absolute atomic E-state index is 14.0. The highest BCUT2D eigenvalue weighted by atomic mass is 19.1. The van der Waals surface area contributed by atoms with Gasteiger partial charge in [0.15, 0.2) is 5.82 Å². The molecule has 110 valence electrons. The maximum Gasteiger partial charge on any atom is 0.256 e. The second-order valence-corrected chi connectivity index (χ2v) is 5.20. The van der Waals surface area contributed by atoms with Crippen molar-refractivity contribution in [1.29, 1.82) is 0 Å². The minimum atomic E-state index is -1.33. The van der Waals surface area contributed by atoms with E-state index >= 15 is 0 Å². The number of benzene rings is 1. The molecular formula is C14H15FN4O2. The average Bonchev–Trinajstić information content (AvgIpc) is 3.11. The fraction of sp³-hybridized carbons (Fsp3) is 0.357. The minimum Gasteiger partial charge on any atom is -0.380 e. The fourth-order valence-electron chi connectivity index (χ4n) is 2.54. The van der Waals surface area contributed by atoms with E-state index in [2.05, 4.69) is 15.4 Å². The summed E-state index contributed by atoms with van der Waals surface area (Å²) in [5, 5.41) is 16.6. The zero-order valence-corrected chi connectivity index (χ0v) is 11.3. The summed E-state index contributed by atoms with van der Waals surface area (Å²) < 4.78 is 15.3. The van der Waals surface area contributed by atoms with E-state index in [9.17, 15) is 14.3 Å². The first-order valence-electron chi connectivity index (χ1n) is 6.77. The third-order valence-corrected chi connectivity index (χ3v) is 3.72. The molecule has 0 saturated heterocycles. The van der Waals surface area contributed by atoms with Crippen molar-refractivity contribution in [3.8, 4) is 5.69 Å². The molecule has 0 bridgehead atoms. The highest BCUT2D eigenvalue weighted by molar-refractivity contribution is 5.97. The lowest BCUT2D eigenvalue weighted by atomic mass is 10.0. The Labute approximate surface area is 120 Å². The second-order valence-electron chi connectivity index (χ2n) is 5.20. The standard InChI is InChI=1S/C14H15FN4O2/c15-11-7-10(3-4-12(11)19-9-16-8-17-19)18-13(20)14(21)5-1-2-6-14/h3-4,7-9,21H,1-2,5-6H2,(H,18,20). The number of anilines is 1. The predicted octanol–water partition coefficient (Wildman–Crippen LogP) is 1.65. The molecule has 3 rings (SSSR count). The van der Waals surface area contributed by atoms with Crippen LogP contribution < -0.4 is 5.32 Å². The summed E-state index contributed by atoms with van der Waals surface area (Å²) in [5.41, 5.74) is -0.784. The first-order chi connectivity index (χ1) is 10.1. The molecule has 1 amide bonds. The summed E-state index contributed by atoms with van der Waals surface area (Å²) in [6.45, 7) is 0. The van der Waals surface area contributed by atoms with Crippen LogP contribution in [0.5, 0.6) is 0 Å². The van der Waals surface area contributed by atoms with Crippen molar-refractivity contribution in [2.45, 2.75) is 31.3 Å². The number of hydrogen-bond acceptors (Lipinski definition) is 4. The summed E-state index contributed by atoms with van der Waals surface area (Å²) >= 11 is 0. The number of carbonyl (C=O) groups is 1. The van der Waals surface area contributed by atoms with Gasteiger partial charge in [-0.15, -0.1) is 0 Å². The van der Waals surface area contributed by atoms with Crippen molar-refractivity contribution in [1.82, 2.24) is 14.8 Å². The number of aromatic nitrogens is 3. The molecule has 0 unspecified atom stereocenters. The Hall–Kier alpha value is -2.28. The lowest BCUT2D eigenvalue weighted by Crippen LogP contribution is -2.40. The number of carbonyl (C=O) groups excluding carboxylic acids is 1. The van der Waals surface area contributed by atoms with Crippen LogP contribution in [0.2, 0.25) is 0 Å². The van der Waals surface area contributed by atoms with E-state index in [4.69, 9.17) is 0 Å². The van der Waals surface area contributed by atoms with Crippen molar-refractivity contribution < 1.29 is 14.3 Å². The van der Waals surface area contributed by atoms with Crippen LogP contribution in [0.25, 0.3) is 5.69 Å². The lowest BCUT2D eigenvalue weighted by molar-refractivity contribution is -0.133. The van der Waals surface area contributed by atoms with E-state index in [0.717, 1.165) is 12.8 Å². The van der Waals surface area contributed by atoms with Gasteiger partial charge in [-0.1, -0.05) is 0 Å². The van der Waals surface area contributed by atoms with Crippen LogP contribution in [0, 0.1) is 5.82 Å². The predicted molar refractivity (Wildman–Crippen MR) is 73.4 cm³/mol. The third kappa shape index (κ3) is 2.64. The van der Waals surface area contributed by atoms with E-state index in [-0.39, 0.29) is 5.69 Å². The van der Waals surface area contributed by atoms with E-state index in [1.165, 1.54) is 29.5 Å². The third-order valence-electron chi connectivity index (χ3n) is 3.72. The lowest BCUT2D eigenvalue weighted by Gasteiger charge is -2.21. The van der Waals surface area contributed by atoms with Gasteiger partial charge >= 0.3 is 0 Å². The molecular weight excluding hydrogens is 275 g/mol. The van der Waals surface area contributed by atoms with E-state index in [0.29, 0.717) is 18.5 Å². The molecule has 1 aromatic carbocycles. The van der Waals surface area contributed by atoms with Crippen LogP contribution in [0.1, 0.15) is 25.7 Å². The molecule has 0 spiro atoms. The number of halogens is 1. The molecule has 7 heteroatoms. The summed E-state index contributed by atoms with van der Waals surface area (Å²) in [6.07, 6.45) is 5.23. The van der Waals surface area contributed by atoms with Crippen molar-refractivity contribution in [2.24, 2.45) is 0 Å². The Morgan fingerprint density at radius 3 is 2.76 bits per heavy atom. The summed E-state index contributed by atoms with van der Waals surface area (Å²) in [4.78, 5) is 15.8. The van der Waals surface area contributed by atoms with Crippen LogP contribution >= 0.6 is 0 Å². The van der Waals surface area contributed by atoms with Gasteiger partial charge < -0.3 is 10.4 Å². The zero-order chi connectivity index (χ0) is 14.9. The zero-order valence-electron chi connectivity index (χ0n) is 11.3. The maximum atomic E-state index is 14.0. The molecule has 1 aliphatic carbocycles. The van der Waals surface area contributed by atoms with Crippen LogP contribution in [0.15, 0.2) is 30.9 Å². The van der Waals surface area contributed by atoms with Gasteiger partial charge in [-0.25, -0.2) is 14.1 Å². The largest absolute Gasteiger partial charge is 0.380 e. The van der Waals surface area contributed by atoms with Crippen molar-refractivity contribution in [2.75, 3.05) is 5.32 Å². The first kappa shape index (κ1) is 13.7. The van der Waals surface area contributed by atoms with Crippen LogP contribution in [0.4, 0.5) is 10.1 Å². The second kappa shape index (κ2) is 5.25. The monoisotopic (exact) mass is 290 g/mol. The van der Waals surface area contributed by atoms with Crippen LogP contribution in [-0.2, 0) is 4.79 Å². The highest BCUT2D eigenvalue weighted by Gasteiger charge is 2.38. The van der Waals surface area contributed by atoms with Gasteiger partial charge in [0.1, 0.15) is 23.9 Å². The van der Waals surface area contributed by atoms with E-state index < -0.39 is 17.3 Å². The summed E-state index contributed by atoms with van der Waals surface area (Å²) in [7, 11) is 0. The Bertz CT molecular complexity index is 651. The fourth-order valence-corrected chi connectivity index (χ4v) is 2.54. The SMILES string of the molecule is O=C(Nc1ccc(-n2cncn2)c(F)c1)C1(O)CCCC1. The number of rotatable bonds is 3. The van der Waals surface area contributed by atoms with Crippen molar-refractivity contribution in [3.63, 3.8) is 0 Å². The summed E-state index contributed by atoms with van der Waals surface area (Å²) in [5.74, 6) is -1.01. The van der Waals surface area contributed by atoms with Gasteiger partial charge in [-0.05, 0) is 43.9 Å². The van der Waals surface area contributed by atoms with E-state index in [1.54, 1.807) is 6.07 Å².